The number of carbonyl (C=O) groups is 1. The molecule has 2 heterocycles. The van der Waals surface area contributed by atoms with Gasteiger partial charge in [-0.15, -0.1) is 11.3 Å². The molecule has 0 fully saturated rings. The van der Waals surface area contributed by atoms with Gasteiger partial charge in [0.15, 0.2) is 0 Å². The zero-order chi connectivity index (χ0) is 18.3. The number of aromatic carboxylic acids is 1. The van der Waals surface area contributed by atoms with Crippen molar-refractivity contribution in [2.75, 3.05) is 0 Å². The lowest BCUT2D eigenvalue weighted by Crippen LogP contribution is -2.16. The third-order valence-electron chi connectivity index (χ3n) is 4.29. The van der Waals surface area contributed by atoms with E-state index >= 15 is 0 Å². The van der Waals surface area contributed by atoms with Crippen molar-refractivity contribution in [1.29, 1.82) is 0 Å². The summed E-state index contributed by atoms with van der Waals surface area (Å²) in [4.78, 5) is 25.3. The zero-order valence-corrected chi connectivity index (χ0v) is 14.8. The van der Waals surface area contributed by atoms with Crippen molar-refractivity contribution in [2.24, 2.45) is 0 Å². The minimum Gasteiger partial charge on any atom is -0.477 e. The van der Waals surface area contributed by atoms with Crippen LogP contribution < -0.4 is 5.56 Å². The number of rotatable bonds is 3. The Balaban J connectivity index is 2.10. The van der Waals surface area contributed by atoms with Gasteiger partial charge in [0.2, 0.25) is 0 Å². The Bertz CT molecular complexity index is 1170. The number of hydrogen-bond acceptors (Lipinski definition) is 3. The lowest BCUT2D eigenvalue weighted by Gasteiger charge is -2.08. The number of thiophene rings is 1. The van der Waals surface area contributed by atoms with E-state index in [-0.39, 0.29) is 10.4 Å². The Hall–Kier alpha value is -3.18. The molecule has 1 N–H and O–H groups in total. The van der Waals surface area contributed by atoms with Crippen molar-refractivity contribution < 1.29 is 9.90 Å². The highest BCUT2D eigenvalue weighted by atomic mass is 32.1. The first-order chi connectivity index (χ1) is 12.6. The summed E-state index contributed by atoms with van der Waals surface area (Å²) in [6.07, 6.45) is 0. The number of carboxylic acids is 1. The third-order valence-corrected chi connectivity index (χ3v) is 5.47. The fourth-order valence-corrected chi connectivity index (χ4v) is 4.24. The van der Waals surface area contributed by atoms with Gasteiger partial charge in [0.1, 0.15) is 9.71 Å². The summed E-state index contributed by atoms with van der Waals surface area (Å²) in [5.41, 5.74) is 3.11. The van der Waals surface area contributed by atoms with Gasteiger partial charge in [0.05, 0.1) is 5.69 Å². The number of aryl methyl sites for hydroxylation is 1. The van der Waals surface area contributed by atoms with Gasteiger partial charge in [-0.3, -0.25) is 9.36 Å². The average Bonchev–Trinajstić information content (AvgIpc) is 3.03. The van der Waals surface area contributed by atoms with Crippen LogP contribution >= 0.6 is 11.3 Å². The highest BCUT2D eigenvalue weighted by molar-refractivity contribution is 7.21. The van der Waals surface area contributed by atoms with Gasteiger partial charge in [0.25, 0.3) is 5.56 Å². The van der Waals surface area contributed by atoms with Crippen molar-refractivity contribution >= 4 is 27.5 Å². The molecule has 0 radical (unpaired) electrons. The predicted octanol–water partition coefficient (Wildman–Crippen LogP) is 4.73. The molecule has 0 atom stereocenters. The summed E-state index contributed by atoms with van der Waals surface area (Å²) < 4.78 is 1.58. The fourth-order valence-electron chi connectivity index (χ4n) is 3.06. The van der Waals surface area contributed by atoms with E-state index in [4.69, 9.17) is 0 Å². The summed E-state index contributed by atoms with van der Waals surface area (Å²) in [7, 11) is 0. The van der Waals surface area contributed by atoms with Crippen molar-refractivity contribution in [1.82, 2.24) is 4.57 Å². The largest absolute Gasteiger partial charge is 0.477 e. The third kappa shape index (κ3) is 2.62. The molecular weight excluding hydrogens is 346 g/mol. The predicted molar refractivity (Wildman–Crippen MR) is 105 cm³/mol. The topological polar surface area (TPSA) is 59.3 Å². The molecule has 0 bridgehead atoms. The number of pyridine rings is 1. The lowest BCUT2D eigenvalue weighted by molar-refractivity contribution is 0.0703. The van der Waals surface area contributed by atoms with Gasteiger partial charge in [0, 0.05) is 17.0 Å². The highest BCUT2D eigenvalue weighted by Gasteiger charge is 2.21. The SMILES string of the molecule is Cc1ccc(-n2c(=O)ccc3c(-c4ccccc4)c(C(=O)O)sc32)cc1. The van der Waals surface area contributed by atoms with Crippen LogP contribution in [0.1, 0.15) is 15.2 Å². The molecule has 0 saturated carbocycles. The zero-order valence-electron chi connectivity index (χ0n) is 14.0. The number of hydrogen-bond donors (Lipinski definition) is 1. The van der Waals surface area contributed by atoms with Crippen LogP contribution in [0.5, 0.6) is 0 Å². The molecule has 4 aromatic rings. The number of aromatic nitrogens is 1. The van der Waals surface area contributed by atoms with Gasteiger partial charge in [-0.2, -0.15) is 0 Å². The quantitative estimate of drug-likeness (QED) is 0.574. The number of carboxylic acid groups (broad SMARTS) is 1. The second kappa shape index (κ2) is 6.28. The molecule has 5 heteroatoms. The van der Waals surface area contributed by atoms with Crippen LogP contribution in [0.2, 0.25) is 0 Å². The van der Waals surface area contributed by atoms with Crippen molar-refractivity contribution in [2.45, 2.75) is 6.92 Å². The van der Waals surface area contributed by atoms with Crippen LogP contribution in [-0.2, 0) is 0 Å². The molecule has 0 aliphatic carbocycles. The lowest BCUT2D eigenvalue weighted by atomic mass is 10.0. The number of fused-ring (bicyclic) bond motifs is 1. The standard InChI is InChI=1S/C21H15NO3S/c1-13-7-9-15(10-8-13)22-17(23)12-11-16-18(14-5-3-2-4-6-14)19(21(24)25)26-20(16)22/h2-12H,1H3,(H,24,25). The summed E-state index contributed by atoms with van der Waals surface area (Å²) >= 11 is 1.13. The highest BCUT2D eigenvalue weighted by Crippen LogP contribution is 2.38. The van der Waals surface area contributed by atoms with E-state index in [1.807, 2.05) is 61.5 Å². The second-order valence-electron chi connectivity index (χ2n) is 6.04. The molecule has 26 heavy (non-hydrogen) atoms. The first-order valence-corrected chi connectivity index (χ1v) is 8.92. The van der Waals surface area contributed by atoms with Gasteiger partial charge in [-0.1, -0.05) is 48.0 Å². The smallest absolute Gasteiger partial charge is 0.346 e. The summed E-state index contributed by atoms with van der Waals surface area (Å²) in [5.74, 6) is -0.993. The van der Waals surface area contributed by atoms with Gasteiger partial charge >= 0.3 is 5.97 Å². The maximum absolute atomic E-state index is 12.6. The van der Waals surface area contributed by atoms with Crippen LogP contribution in [0.4, 0.5) is 0 Å². The van der Waals surface area contributed by atoms with Gasteiger partial charge in [-0.25, -0.2) is 4.79 Å². The van der Waals surface area contributed by atoms with Crippen molar-refractivity contribution in [3.05, 3.63) is 87.5 Å². The Morgan fingerprint density at radius 2 is 1.65 bits per heavy atom. The molecule has 2 aromatic heterocycles. The fraction of sp³-hybridized carbons (Fsp3) is 0.0476. The molecule has 4 rings (SSSR count). The number of nitrogens with zero attached hydrogens (tertiary/aromatic N) is 1. The molecule has 0 aliphatic heterocycles. The first-order valence-electron chi connectivity index (χ1n) is 8.10. The van der Waals surface area contributed by atoms with Gasteiger partial charge < -0.3 is 5.11 Å². The second-order valence-corrected chi connectivity index (χ2v) is 7.04. The van der Waals surface area contributed by atoms with E-state index in [0.29, 0.717) is 10.4 Å². The van der Waals surface area contributed by atoms with Crippen LogP contribution in [0, 0.1) is 6.92 Å². The normalized spacial score (nSPS) is 11.0. The van der Waals surface area contributed by atoms with Gasteiger partial charge in [-0.05, 0) is 30.7 Å². The Labute approximate surface area is 153 Å². The van der Waals surface area contributed by atoms with E-state index in [0.717, 1.165) is 33.5 Å². The summed E-state index contributed by atoms with van der Waals surface area (Å²) in [6.45, 7) is 1.98. The minimum atomic E-state index is -0.993. The molecular formula is C21H15NO3S. The molecule has 4 nitrogen and oxygen atoms in total. The summed E-state index contributed by atoms with van der Waals surface area (Å²) in [5, 5.41) is 10.5. The van der Waals surface area contributed by atoms with E-state index in [1.54, 1.807) is 10.6 Å². The molecule has 2 aromatic carbocycles. The maximum Gasteiger partial charge on any atom is 0.346 e. The molecule has 0 saturated heterocycles. The van der Waals surface area contributed by atoms with Crippen LogP contribution in [0.15, 0.2) is 71.5 Å². The van der Waals surface area contributed by atoms with E-state index < -0.39 is 5.97 Å². The van der Waals surface area contributed by atoms with Crippen LogP contribution in [0.3, 0.4) is 0 Å². The number of benzene rings is 2. The molecule has 0 amide bonds. The molecule has 0 unspecified atom stereocenters. The Morgan fingerprint density at radius 3 is 2.31 bits per heavy atom. The Kier molecular flexibility index (Phi) is 3.93. The van der Waals surface area contributed by atoms with E-state index in [9.17, 15) is 14.7 Å². The van der Waals surface area contributed by atoms with E-state index in [1.165, 1.54) is 6.07 Å². The Morgan fingerprint density at radius 1 is 0.962 bits per heavy atom. The average molecular weight is 361 g/mol. The molecule has 0 spiro atoms. The van der Waals surface area contributed by atoms with Crippen LogP contribution in [0.25, 0.3) is 27.0 Å². The van der Waals surface area contributed by atoms with Crippen LogP contribution in [-0.4, -0.2) is 15.6 Å². The summed E-state index contributed by atoms with van der Waals surface area (Å²) in [6, 6.07) is 20.2. The van der Waals surface area contributed by atoms with Crippen molar-refractivity contribution in [3.63, 3.8) is 0 Å². The van der Waals surface area contributed by atoms with Crippen molar-refractivity contribution in [3.8, 4) is 16.8 Å². The molecule has 0 aliphatic rings. The minimum absolute atomic E-state index is 0.181. The first kappa shape index (κ1) is 16.3. The monoisotopic (exact) mass is 361 g/mol. The van der Waals surface area contributed by atoms with E-state index in [2.05, 4.69) is 0 Å². The molecule has 128 valence electrons. The maximum atomic E-state index is 12.6.